The SMILES string of the molecule is CC1(C)OB(B2OC(C)(C)C(C)(C)O2)OC1(C)C.CC1(C)OB(c2ccc(B3OC(C)(C)C(C)(C)O3)c(Cl)c2)OC1(C)C.Clc1cc(Br)ccc1Br. The van der Waals surface area contributed by atoms with Crippen LogP contribution in [0.5, 0.6) is 0 Å². The van der Waals surface area contributed by atoms with E-state index in [1.165, 1.54) is 0 Å². The van der Waals surface area contributed by atoms with E-state index in [1.807, 2.05) is 147 Å². The molecule has 52 heavy (non-hydrogen) atoms. The molecule has 0 spiro atoms. The van der Waals surface area contributed by atoms with Crippen LogP contribution in [0.2, 0.25) is 10.0 Å². The summed E-state index contributed by atoms with van der Waals surface area (Å²) in [6.07, 6.45) is 0. The Morgan fingerprint density at radius 3 is 1.10 bits per heavy atom. The summed E-state index contributed by atoms with van der Waals surface area (Å²) in [5.41, 5.74) is -1.28. The van der Waals surface area contributed by atoms with Gasteiger partial charge in [0.15, 0.2) is 0 Å². The molecule has 4 heterocycles. The second kappa shape index (κ2) is 15.0. The van der Waals surface area contributed by atoms with Crippen molar-refractivity contribution in [2.45, 2.75) is 156 Å². The molecule has 4 fully saturated rings. The molecule has 0 aromatic heterocycles. The minimum absolute atomic E-state index is 0.360. The summed E-state index contributed by atoms with van der Waals surface area (Å²) in [6.45, 7) is 32.5. The van der Waals surface area contributed by atoms with E-state index in [1.54, 1.807) is 0 Å². The first kappa shape index (κ1) is 44.6. The van der Waals surface area contributed by atoms with Crippen LogP contribution in [0.3, 0.4) is 0 Å². The minimum Gasteiger partial charge on any atom is -0.405 e. The van der Waals surface area contributed by atoms with Gasteiger partial charge in [-0.1, -0.05) is 51.3 Å². The smallest absolute Gasteiger partial charge is 0.405 e. The quantitative estimate of drug-likeness (QED) is 0.224. The van der Waals surface area contributed by atoms with Crippen LogP contribution < -0.4 is 10.9 Å². The molecule has 0 bridgehead atoms. The van der Waals surface area contributed by atoms with E-state index in [0.29, 0.717) is 5.02 Å². The Kier molecular flexibility index (Phi) is 12.9. The summed E-state index contributed by atoms with van der Waals surface area (Å²) >= 11 is 18.8. The fraction of sp³-hybridized carbons (Fsp3) is 0.667. The number of benzene rings is 2. The Morgan fingerprint density at radius 2 is 0.769 bits per heavy atom. The molecule has 0 aliphatic carbocycles. The normalized spacial score (nSPS) is 25.4. The topological polar surface area (TPSA) is 73.8 Å². The zero-order valence-electron chi connectivity index (χ0n) is 33.6. The monoisotopic (exact) mass is 886 g/mol. The van der Waals surface area contributed by atoms with Crippen molar-refractivity contribution in [2.24, 2.45) is 0 Å². The van der Waals surface area contributed by atoms with Gasteiger partial charge in [0.05, 0.1) is 49.8 Å². The van der Waals surface area contributed by atoms with E-state index in [4.69, 9.17) is 60.4 Å². The van der Waals surface area contributed by atoms with E-state index in [0.717, 1.165) is 24.9 Å². The van der Waals surface area contributed by atoms with Gasteiger partial charge in [-0.15, -0.1) is 0 Å². The molecule has 6 rings (SSSR count). The molecule has 4 saturated heterocycles. The van der Waals surface area contributed by atoms with E-state index in [-0.39, 0.29) is 33.6 Å². The lowest BCUT2D eigenvalue weighted by Gasteiger charge is -2.32. The molecule has 2 aromatic carbocycles. The van der Waals surface area contributed by atoms with Gasteiger partial charge in [0.2, 0.25) is 0 Å². The van der Waals surface area contributed by atoms with Gasteiger partial charge in [0.25, 0.3) is 0 Å². The van der Waals surface area contributed by atoms with Gasteiger partial charge in [-0.2, -0.15) is 0 Å². The zero-order chi connectivity index (χ0) is 39.7. The summed E-state index contributed by atoms with van der Waals surface area (Å²) in [6, 6.07) is 11.4. The Balaban J connectivity index is 0.000000194. The molecule has 4 aliphatic rings. The van der Waals surface area contributed by atoms with Crippen molar-refractivity contribution in [1.29, 1.82) is 0 Å². The van der Waals surface area contributed by atoms with Crippen LogP contribution in [0.25, 0.3) is 0 Å². The second-order valence-electron chi connectivity index (χ2n) is 17.8. The highest BCUT2D eigenvalue weighted by atomic mass is 79.9. The Labute approximate surface area is 340 Å². The van der Waals surface area contributed by atoms with Gasteiger partial charge < -0.3 is 37.2 Å². The van der Waals surface area contributed by atoms with Gasteiger partial charge in [-0.3, -0.25) is 0 Å². The Bertz CT molecular complexity index is 1520. The molecule has 0 amide bonds. The third-order valence-electron chi connectivity index (χ3n) is 11.7. The molecule has 0 unspecified atom stereocenters. The molecule has 8 nitrogen and oxygen atoms in total. The predicted octanol–water partition coefficient (Wildman–Crippen LogP) is 9.05. The highest BCUT2D eigenvalue weighted by molar-refractivity contribution is 9.11. The molecule has 2 aromatic rings. The van der Waals surface area contributed by atoms with E-state index >= 15 is 0 Å². The first-order chi connectivity index (χ1) is 23.3. The van der Waals surface area contributed by atoms with Crippen molar-refractivity contribution in [3.63, 3.8) is 0 Å². The standard InChI is InChI=1S/C18H27B2ClO4.C12H24B2O4.C6H3Br2Cl/c1-15(2)16(3,4)23-19(22-15)12-9-10-13(14(21)11-12)20-24-17(5,6)18(7,8)25-20;1-9(2)10(3,4)16-13(15-9)14-17-11(5,6)12(7,8)18-14;7-4-1-2-5(8)6(9)3-4/h9-11H,1-8H3;1-8H3;1-3H. The maximum Gasteiger partial charge on any atom is 0.496 e. The van der Waals surface area contributed by atoms with Crippen LogP contribution in [-0.2, 0) is 37.2 Å². The van der Waals surface area contributed by atoms with Crippen LogP contribution in [0, 0.1) is 0 Å². The van der Waals surface area contributed by atoms with Crippen molar-refractivity contribution >= 4 is 94.2 Å². The van der Waals surface area contributed by atoms with E-state index in [2.05, 4.69) is 31.9 Å². The number of hydrogen-bond acceptors (Lipinski definition) is 8. The summed E-state index contributed by atoms with van der Waals surface area (Å²) in [4.78, 5) is 0. The average Bonchev–Trinajstić information content (AvgIpc) is 3.52. The van der Waals surface area contributed by atoms with Gasteiger partial charge in [-0.25, -0.2) is 0 Å². The summed E-state index contributed by atoms with van der Waals surface area (Å²) in [5, 5.41) is 1.31. The lowest BCUT2D eigenvalue weighted by atomic mass is 9.49. The number of hydrogen-bond donors (Lipinski definition) is 0. The first-order valence-corrected chi connectivity index (χ1v) is 20.0. The molecule has 286 valence electrons. The maximum atomic E-state index is 6.55. The van der Waals surface area contributed by atoms with Gasteiger partial charge in [0, 0.05) is 19.4 Å². The summed E-state index contributed by atoms with van der Waals surface area (Å²) in [5.74, 6) is 0. The lowest BCUT2D eigenvalue weighted by molar-refractivity contribution is 0.00578. The van der Waals surface area contributed by atoms with E-state index in [9.17, 15) is 0 Å². The minimum atomic E-state index is -0.482. The molecule has 16 heteroatoms. The maximum absolute atomic E-state index is 6.55. The lowest BCUT2D eigenvalue weighted by Crippen LogP contribution is -2.41. The van der Waals surface area contributed by atoms with E-state index < -0.39 is 39.5 Å². The molecular formula is C36H54B4Br2Cl2O8. The summed E-state index contributed by atoms with van der Waals surface area (Å²) < 4.78 is 50.1. The van der Waals surface area contributed by atoms with Crippen molar-refractivity contribution in [3.05, 3.63) is 55.4 Å². The van der Waals surface area contributed by atoms with Crippen molar-refractivity contribution < 1.29 is 37.2 Å². The van der Waals surface area contributed by atoms with Gasteiger partial charge >= 0.3 is 28.3 Å². The molecule has 4 aliphatic heterocycles. The van der Waals surface area contributed by atoms with Gasteiger partial charge in [-0.05, 0) is 156 Å². The van der Waals surface area contributed by atoms with Crippen LogP contribution in [0.15, 0.2) is 45.3 Å². The highest BCUT2D eigenvalue weighted by Gasteiger charge is 2.64. The third kappa shape index (κ3) is 9.21. The van der Waals surface area contributed by atoms with Crippen LogP contribution in [0.1, 0.15) is 111 Å². The molecular weight excluding hydrogens is 834 g/mol. The molecule has 0 radical (unpaired) electrons. The molecule has 0 N–H and O–H groups in total. The number of rotatable bonds is 3. The zero-order valence-corrected chi connectivity index (χ0v) is 38.2. The predicted molar refractivity (Wildman–Crippen MR) is 222 cm³/mol. The number of halogens is 4. The third-order valence-corrected chi connectivity index (χ3v) is 13.8. The highest BCUT2D eigenvalue weighted by Crippen LogP contribution is 2.43. The van der Waals surface area contributed by atoms with Gasteiger partial charge in [0.1, 0.15) is 0 Å². The van der Waals surface area contributed by atoms with Crippen molar-refractivity contribution in [1.82, 2.24) is 0 Å². The molecule has 0 saturated carbocycles. The largest absolute Gasteiger partial charge is 0.496 e. The Hall–Kier alpha value is -0.0803. The fourth-order valence-corrected chi connectivity index (χ4v) is 6.50. The van der Waals surface area contributed by atoms with Crippen LogP contribution >= 0.6 is 55.1 Å². The van der Waals surface area contributed by atoms with Crippen LogP contribution in [0.4, 0.5) is 0 Å². The second-order valence-corrected chi connectivity index (χ2v) is 20.3. The summed E-state index contributed by atoms with van der Waals surface area (Å²) in [7, 11) is -1.87. The first-order valence-electron chi connectivity index (χ1n) is 17.7. The average molecular weight is 889 g/mol. The van der Waals surface area contributed by atoms with Crippen molar-refractivity contribution in [3.8, 4) is 0 Å². The Morgan fingerprint density at radius 1 is 0.423 bits per heavy atom. The van der Waals surface area contributed by atoms with Crippen LogP contribution in [-0.4, -0.2) is 73.1 Å². The molecule has 0 atom stereocenters. The van der Waals surface area contributed by atoms with Crippen molar-refractivity contribution in [2.75, 3.05) is 0 Å². The fourth-order valence-electron chi connectivity index (χ4n) is 5.30.